The molecule has 0 radical (unpaired) electrons. The number of para-hydroxylation sites is 1. The molecule has 150 valence electrons. The highest BCUT2D eigenvalue weighted by atomic mass is 16.5. The number of nitrogens with zero attached hydrogens (tertiary/aromatic N) is 4. The topological polar surface area (TPSA) is 110 Å². The molecule has 0 aliphatic carbocycles. The van der Waals surface area contributed by atoms with Crippen LogP contribution in [0.1, 0.15) is 21.5 Å². The summed E-state index contributed by atoms with van der Waals surface area (Å²) < 4.78 is 7.43. The number of hydrogen-bond donors (Lipinski definition) is 1. The lowest BCUT2D eigenvalue weighted by Gasteiger charge is -2.08. The maximum absolute atomic E-state index is 10.8. The minimum absolute atomic E-state index is 0.182. The van der Waals surface area contributed by atoms with Gasteiger partial charge in [0, 0.05) is 11.1 Å². The van der Waals surface area contributed by atoms with Gasteiger partial charge in [0.1, 0.15) is 18.8 Å². The summed E-state index contributed by atoms with van der Waals surface area (Å²) in [7, 11) is 0. The van der Waals surface area contributed by atoms with E-state index in [2.05, 4.69) is 20.8 Å². The third-order valence-corrected chi connectivity index (χ3v) is 4.50. The first-order chi connectivity index (χ1) is 14.7. The number of quaternary nitrogens is 1. The molecule has 30 heavy (non-hydrogen) atoms. The summed E-state index contributed by atoms with van der Waals surface area (Å²) in [5, 5.41) is 24.6. The van der Waals surface area contributed by atoms with E-state index >= 15 is 0 Å². The number of hydrogen-bond acceptors (Lipinski definition) is 6. The first-order valence-corrected chi connectivity index (χ1v) is 9.41. The fourth-order valence-corrected chi connectivity index (χ4v) is 3.00. The van der Waals surface area contributed by atoms with Crippen molar-refractivity contribution in [1.82, 2.24) is 20.2 Å². The molecule has 0 saturated carbocycles. The summed E-state index contributed by atoms with van der Waals surface area (Å²) in [6.07, 6.45) is 0. The number of nitrogens with two attached hydrogens (primary N) is 1. The largest absolute Gasteiger partial charge is 0.545 e. The number of tetrazole rings is 1. The molecule has 4 rings (SSSR count). The van der Waals surface area contributed by atoms with Crippen LogP contribution in [0.5, 0.6) is 11.8 Å². The minimum atomic E-state index is -1.17. The predicted octanol–water partition coefficient (Wildman–Crippen LogP) is 1.08. The number of ether oxygens (including phenoxy) is 1. The molecular formula is C22H19N5O3. The Labute approximate surface area is 172 Å². The molecule has 1 heterocycles. The van der Waals surface area contributed by atoms with Gasteiger partial charge in [0.15, 0.2) is 0 Å². The molecule has 0 unspecified atom stereocenters. The van der Waals surface area contributed by atoms with Crippen LogP contribution in [-0.4, -0.2) is 26.2 Å². The smallest absolute Gasteiger partial charge is 0.345 e. The molecule has 0 aliphatic heterocycles. The van der Waals surface area contributed by atoms with E-state index in [-0.39, 0.29) is 11.6 Å². The predicted molar refractivity (Wildman–Crippen MR) is 106 cm³/mol. The number of carboxylic acids is 1. The van der Waals surface area contributed by atoms with Crippen LogP contribution in [0.2, 0.25) is 0 Å². The second-order valence-corrected chi connectivity index (χ2v) is 6.64. The van der Waals surface area contributed by atoms with Crippen LogP contribution >= 0.6 is 0 Å². The summed E-state index contributed by atoms with van der Waals surface area (Å²) >= 11 is 0. The Hall–Kier alpha value is -4.04. The number of carbonyl (C=O) groups is 1. The third-order valence-electron chi connectivity index (χ3n) is 4.50. The lowest BCUT2D eigenvalue weighted by molar-refractivity contribution is -0.686. The zero-order valence-corrected chi connectivity index (χ0v) is 16.0. The molecule has 8 heteroatoms. The van der Waals surface area contributed by atoms with Gasteiger partial charge in [-0.15, -0.1) is 0 Å². The molecule has 0 fully saturated rings. The SMILES string of the molecule is O=C([O-])c1ccc(C[NH2+]Cc2cccc(Oc3nnnn3-c3ccccc3)c2)cc1. The van der Waals surface area contributed by atoms with Crippen molar-refractivity contribution in [2.24, 2.45) is 0 Å². The standard InChI is InChI=1S/C22H19N5O3/c28-21(29)18-11-9-16(10-12-18)14-23-15-17-5-4-8-20(13-17)30-22-24-25-26-27(22)19-6-2-1-3-7-19/h1-13,23H,14-15H2,(H,28,29). The van der Waals surface area contributed by atoms with Crippen molar-refractivity contribution in [3.05, 3.63) is 95.6 Å². The quantitative estimate of drug-likeness (QED) is 0.473. The van der Waals surface area contributed by atoms with Gasteiger partial charge < -0.3 is 20.0 Å². The van der Waals surface area contributed by atoms with Crippen molar-refractivity contribution in [2.75, 3.05) is 0 Å². The Morgan fingerprint density at radius 2 is 1.70 bits per heavy atom. The lowest BCUT2D eigenvalue weighted by Crippen LogP contribution is -2.80. The monoisotopic (exact) mass is 401 g/mol. The third kappa shape index (κ3) is 4.68. The number of carbonyl (C=O) groups excluding carboxylic acids is 1. The maximum Gasteiger partial charge on any atom is 0.345 e. The Kier molecular flexibility index (Phi) is 5.77. The molecule has 0 amide bonds. The average Bonchev–Trinajstić information content (AvgIpc) is 3.23. The van der Waals surface area contributed by atoms with Crippen molar-refractivity contribution >= 4 is 5.97 Å². The van der Waals surface area contributed by atoms with Crippen LogP contribution < -0.4 is 15.2 Å². The summed E-state index contributed by atoms with van der Waals surface area (Å²) in [4.78, 5) is 10.8. The maximum atomic E-state index is 10.8. The number of carboxylic acid groups (broad SMARTS) is 1. The van der Waals surface area contributed by atoms with E-state index in [1.165, 1.54) is 4.68 Å². The van der Waals surface area contributed by atoms with Crippen LogP contribution in [0, 0.1) is 0 Å². The summed E-state index contributed by atoms with van der Waals surface area (Å²) in [5.41, 5.74) is 3.11. The molecule has 0 bridgehead atoms. The Morgan fingerprint density at radius 1 is 0.933 bits per heavy atom. The molecule has 0 spiro atoms. The van der Waals surface area contributed by atoms with Gasteiger partial charge in [0.05, 0.1) is 11.7 Å². The van der Waals surface area contributed by atoms with E-state index in [1.807, 2.05) is 54.6 Å². The lowest BCUT2D eigenvalue weighted by atomic mass is 10.1. The van der Waals surface area contributed by atoms with Crippen molar-refractivity contribution in [2.45, 2.75) is 13.1 Å². The van der Waals surface area contributed by atoms with Crippen molar-refractivity contribution < 1.29 is 20.0 Å². The van der Waals surface area contributed by atoms with E-state index in [4.69, 9.17) is 4.74 Å². The van der Waals surface area contributed by atoms with E-state index < -0.39 is 5.97 Å². The second kappa shape index (κ2) is 8.97. The van der Waals surface area contributed by atoms with Gasteiger partial charge in [-0.1, -0.05) is 59.7 Å². The van der Waals surface area contributed by atoms with Gasteiger partial charge in [0.2, 0.25) is 0 Å². The normalized spacial score (nSPS) is 10.7. The summed E-state index contributed by atoms with van der Waals surface area (Å²) in [5.74, 6) is -0.521. The van der Waals surface area contributed by atoms with Gasteiger partial charge in [-0.05, 0) is 40.3 Å². The molecule has 1 aromatic heterocycles. The number of aromatic carboxylic acids is 1. The van der Waals surface area contributed by atoms with Gasteiger partial charge in [-0.25, -0.2) is 0 Å². The first kappa shape index (κ1) is 19.3. The number of rotatable bonds is 8. The van der Waals surface area contributed by atoms with Crippen LogP contribution in [0.3, 0.4) is 0 Å². The summed E-state index contributed by atoms with van der Waals surface area (Å²) in [6, 6.07) is 24.3. The first-order valence-electron chi connectivity index (χ1n) is 9.41. The highest BCUT2D eigenvalue weighted by Gasteiger charge is 2.11. The van der Waals surface area contributed by atoms with E-state index in [9.17, 15) is 9.90 Å². The summed E-state index contributed by atoms with van der Waals surface area (Å²) in [6.45, 7) is 1.47. The van der Waals surface area contributed by atoms with E-state index in [0.29, 0.717) is 5.75 Å². The van der Waals surface area contributed by atoms with Crippen LogP contribution in [0.4, 0.5) is 0 Å². The van der Waals surface area contributed by atoms with Crippen molar-refractivity contribution in [3.63, 3.8) is 0 Å². The molecule has 2 N–H and O–H groups in total. The fourth-order valence-electron chi connectivity index (χ4n) is 3.00. The Bertz CT molecular complexity index is 1130. The highest BCUT2D eigenvalue weighted by molar-refractivity contribution is 5.85. The molecule has 8 nitrogen and oxygen atoms in total. The molecule has 0 aliphatic rings. The molecule has 0 saturated heterocycles. The fraction of sp³-hybridized carbons (Fsp3) is 0.0909. The number of aromatic nitrogens is 4. The van der Waals surface area contributed by atoms with Crippen LogP contribution in [0.15, 0.2) is 78.9 Å². The zero-order valence-electron chi connectivity index (χ0n) is 16.0. The van der Waals surface area contributed by atoms with Crippen LogP contribution in [0.25, 0.3) is 5.69 Å². The van der Waals surface area contributed by atoms with Gasteiger partial charge in [-0.3, -0.25) is 0 Å². The minimum Gasteiger partial charge on any atom is -0.545 e. The zero-order chi connectivity index (χ0) is 20.8. The van der Waals surface area contributed by atoms with Gasteiger partial charge in [0.25, 0.3) is 0 Å². The molecular weight excluding hydrogens is 382 g/mol. The number of benzene rings is 3. The van der Waals surface area contributed by atoms with E-state index in [0.717, 1.165) is 29.9 Å². The average molecular weight is 401 g/mol. The van der Waals surface area contributed by atoms with E-state index in [1.54, 1.807) is 24.3 Å². The van der Waals surface area contributed by atoms with Crippen LogP contribution in [-0.2, 0) is 13.1 Å². The van der Waals surface area contributed by atoms with Gasteiger partial charge in [-0.2, -0.15) is 4.68 Å². The second-order valence-electron chi connectivity index (χ2n) is 6.64. The molecule has 3 aromatic carbocycles. The highest BCUT2D eigenvalue weighted by Crippen LogP contribution is 2.21. The van der Waals surface area contributed by atoms with Gasteiger partial charge >= 0.3 is 6.01 Å². The Morgan fingerprint density at radius 3 is 2.47 bits per heavy atom. The Balaban J connectivity index is 1.38. The van der Waals surface area contributed by atoms with Crippen molar-refractivity contribution in [1.29, 1.82) is 0 Å². The molecule has 0 atom stereocenters. The van der Waals surface area contributed by atoms with Crippen molar-refractivity contribution in [3.8, 4) is 17.4 Å². The molecule has 4 aromatic rings.